The first kappa shape index (κ1) is 17.2. The van der Waals surface area contributed by atoms with E-state index in [0.29, 0.717) is 18.1 Å². The predicted octanol–water partition coefficient (Wildman–Crippen LogP) is 2.81. The monoisotopic (exact) mass is 332 g/mol. The predicted molar refractivity (Wildman–Crippen MR) is 96.3 cm³/mol. The third kappa shape index (κ3) is 4.24. The molecule has 0 spiro atoms. The lowest BCUT2D eigenvalue weighted by molar-refractivity contribution is -0.384. The van der Waals surface area contributed by atoms with Gasteiger partial charge in [0.05, 0.1) is 4.92 Å². The van der Waals surface area contributed by atoms with E-state index in [2.05, 4.69) is 10.2 Å². The molecular formula is C18H28N4O2. The van der Waals surface area contributed by atoms with Gasteiger partial charge in [-0.15, -0.1) is 0 Å². The lowest BCUT2D eigenvalue weighted by atomic mass is 9.90. The van der Waals surface area contributed by atoms with Gasteiger partial charge in [-0.2, -0.15) is 0 Å². The molecule has 6 heteroatoms. The zero-order valence-electron chi connectivity index (χ0n) is 14.2. The summed E-state index contributed by atoms with van der Waals surface area (Å²) >= 11 is 0. The van der Waals surface area contributed by atoms with Gasteiger partial charge in [-0.25, -0.2) is 0 Å². The van der Waals surface area contributed by atoms with E-state index in [1.807, 2.05) is 12.1 Å². The number of nitrogens with zero attached hydrogens (tertiary/aromatic N) is 2. The number of anilines is 1. The summed E-state index contributed by atoms with van der Waals surface area (Å²) in [5, 5.41) is 14.6. The van der Waals surface area contributed by atoms with E-state index >= 15 is 0 Å². The normalized spacial score (nSPS) is 28.4. The third-order valence-electron chi connectivity index (χ3n) is 5.42. The summed E-state index contributed by atoms with van der Waals surface area (Å²) in [5.41, 5.74) is 7.50. The Morgan fingerprint density at radius 3 is 2.50 bits per heavy atom. The summed E-state index contributed by atoms with van der Waals surface area (Å²) in [6.45, 7) is 1.99. The molecule has 1 aromatic rings. The Hall–Kier alpha value is -1.66. The van der Waals surface area contributed by atoms with Crippen LogP contribution >= 0.6 is 0 Å². The Kier molecular flexibility index (Phi) is 5.68. The molecule has 132 valence electrons. The van der Waals surface area contributed by atoms with E-state index in [0.717, 1.165) is 38.0 Å². The van der Waals surface area contributed by atoms with Gasteiger partial charge in [0.1, 0.15) is 0 Å². The highest BCUT2D eigenvalue weighted by molar-refractivity contribution is 5.50. The van der Waals surface area contributed by atoms with Crippen LogP contribution in [0.25, 0.3) is 0 Å². The van der Waals surface area contributed by atoms with Gasteiger partial charge in [-0.05, 0) is 44.2 Å². The highest BCUT2D eigenvalue weighted by atomic mass is 16.6. The van der Waals surface area contributed by atoms with E-state index in [4.69, 9.17) is 5.73 Å². The van der Waals surface area contributed by atoms with Gasteiger partial charge in [-0.3, -0.25) is 10.1 Å². The lowest BCUT2D eigenvalue weighted by Crippen LogP contribution is -2.50. The number of rotatable bonds is 4. The number of non-ortho nitro benzene ring substituents is 1. The van der Waals surface area contributed by atoms with Crippen molar-refractivity contribution in [2.45, 2.75) is 63.1 Å². The Balaban J connectivity index is 1.55. The molecule has 6 nitrogen and oxygen atoms in total. The highest BCUT2D eigenvalue weighted by Crippen LogP contribution is 2.24. The van der Waals surface area contributed by atoms with Crippen molar-refractivity contribution in [3.63, 3.8) is 0 Å². The Labute approximate surface area is 143 Å². The van der Waals surface area contributed by atoms with E-state index in [1.165, 1.54) is 25.7 Å². The van der Waals surface area contributed by atoms with E-state index < -0.39 is 0 Å². The van der Waals surface area contributed by atoms with Crippen LogP contribution in [0.1, 0.15) is 44.9 Å². The summed E-state index contributed by atoms with van der Waals surface area (Å²) in [5.74, 6) is 0. The zero-order valence-corrected chi connectivity index (χ0v) is 14.2. The number of nitro groups is 1. The number of nitrogens with two attached hydrogens (primary N) is 1. The molecule has 1 aromatic carbocycles. The van der Waals surface area contributed by atoms with Gasteiger partial charge in [0.2, 0.25) is 0 Å². The van der Waals surface area contributed by atoms with Crippen LogP contribution in [0.3, 0.4) is 0 Å². The van der Waals surface area contributed by atoms with Gasteiger partial charge in [0, 0.05) is 49.0 Å². The summed E-state index contributed by atoms with van der Waals surface area (Å²) in [6, 6.07) is 8.21. The second-order valence-corrected chi connectivity index (χ2v) is 7.11. The van der Waals surface area contributed by atoms with Crippen molar-refractivity contribution in [1.82, 2.24) is 5.32 Å². The second kappa shape index (κ2) is 7.94. The van der Waals surface area contributed by atoms with Gasteiger partial charge in [-0.1, -0.05) is 12.8 Å². The molecule has 2 aliphatic rings. The van der Waals surface area contributed by atoms with Crippen molar-refractivity contribution in [3.05, 3.63) is 34.4 Å². The van der Waals surface area contributed by atoms with Crippen LogP contribution in [0.15, 0.2) is 24.3 Å². The van der Waals surface area contributed by atoms with Gasteiger partial charge in [0.15, 0.2) is 0 Å². The summed E-state index contributed by atoms with van der Waals surface area (Å²) in [6.07, 6.45) is 8.29. The third-order valence-corrected chi connectivity index (χ3v) is 5.42. The van der Waals surface area contributed by atoms with Crippen molar-refractivity contribution < 1.29 is 4.92 Å². The Bertz CT molecular complexity index is 548. The standard InChI is InChI=1S/C18H28N4O2/c19-17-5-1-2-6-18(17)20-14-4-3-12-21(13-11-14)15-7-9-16(10-8-15)22(23)24/h7-10,14,17-18,20H,1-6,11-13,19H2/t14?,17-,18-/m1/s1. The molecule has 1 unspecified atom stereocenters. The molecule has 1 aliphatic heterocycles. The minimum absolute atomic E-state index is 0.152. The van der Waals surface area contributed by atoms with Crippen LogP contribution in [-0.2, 0) is 0 Å². The zero-order chi connectivity index (χ0) is 16.9. The fourth-order valence-corrected chi connectivity index (χ4v) is 3.98. The quantitative estimate of drug-likeness (QED) is 0.654. The van der Waals surface area contributed by atoms with Crippen LogP contribution in [-0.4, -0.2) is 36.1 Å². The molecule has 3 rings (SSSR count). The first-order chi connectivity index (χ1) is 11.6. The average molecular weight is 332 g/mol. The largest absolute Gasteiger partial charge is 0.371 e. The lowest BCUT2D eigenvalue weighted by Gasteiger charge is -2.33. The molecule has 1 heterocycles. The number of hydrogen-bond acceptors (Lipinski definition) is 5. The molecular weight excluding hydrogens is 304 g/mol. The topological polar surface area (TPSA) is 84.4 Å². The first-order valence-corrected chi connectivity index (χ1v) is 9.14. The molecule has 0 radical (unpaired) electrons. The summed E-state index contributed by atoms with van der Waals surface area (Å²) in [7, 11) is 0. The van der Waals surface area contributed by atoms with Crippen molar-refractivity contribution >= 4 is 11.4 Å². The molecule has 2 fully saturated rings. The number of benzene rings is 1. The van der Waals surface area contributed by atoms with E-state index in [9.17, 15) is 10.1 Å². The highest BCUT2D eigenvalue weighted by Gasteiger charge is 2.25. The van der Waals surface area contributed by atoms with Crippen molar-refractivity contribution in [1.29, 1.82) is 0 Å². The maximum Gasteiger partial charge on any atom is 0.269 e. The van der Waals surface area contributed by atoms with Gasteiger partial charge < -0.3 is 16.0 Å². The number of nitro benzene ring substituents is 1. The van der Waals surface area contributed by atoms with Crippen LogP contribution in [0.4, 0.5) is 11.4 Å². The molecule has 3 atom stereocenters. The molecule has 0 amide bonds. The van der Waals surface area contributed by atoms with Crippen LogP contribution in [0.5, 0.6) is 0 Å². The van der Waals surface area contributed by atoms with Crippen LogP contribution < -0.4 is 16.0 Å². The molecule has 1 aliphatic carbocycles. The fraction of sp³-hybridized carbons (Fsp3) is 0.667. The Morgan fingerprint density at radius 1 is 1.04 bits per heavy atom. The van der Waals surface area contributed by atoms with Crippen LogP contribution in [0.2, 0.25) is 0 Å². The van der Waals surface area contributed by atoms with E-state index in [1.54, 1.807) is 12.1 Å². The molecule has 24 heavy (non-hydrogen) atoms. The SMILES string of the molecule is N[C@@H]1CCCC[C@H]1NC1CCCN(c2ccc([N+](=O)[O-])cc2)CC1. The minimum atomic E-state index is -0.348. The molecule has 0 bridgehead atoms. The molecule has 0 aromatic heterocycles. The van der Waals surface area contributed by atoms with Gasteiger partial charge >= 0.3 is 0 Å². The first-order valence-electron chi connectivity index (χ1n) is 9.14. The van der Waals surface area contributed by atoms with Gasteiger partial charge in [0.25, 0.3) is 5.69 Å². The molecule has 1 saturated carbocycles. The number of hydrogen-bond donors (Lipinski definition) is 2. The van der Waals surface area contributed by atoms with Crippen molar-refractivity contribution in [3.8, 4) is 0 Å². The minimum Gasteiger partial charge on any atom is -0.371 e. The molecule has 3 N–H and O–H groups in total. The molecule has 1 saturated heterocycles. The second-order valence-electron chi connectivity index (χ2n) is 7.11. The summed E-state index contributed by atoms with van der Waals surface area (Å²) in [4.78, 5) is 12.8. The fourth-order valence-electron chi connectivity index (χ4n) is 3.98. The smallest absolute Gasteiger partial charge is 0.269 e. The van der Waals surface area contributed by atoms with E-state index in [-0.39, 0.29) is 10.6 Å². The van der Waals surface area contributed by atoms with Crippen LogP contribution in [0, 0.1) is 10.1 Å². The Morgan fingerprint density at radius 2 is 1.79 bits per heavy atom. The van der Waals surface area contributed by atoms with Crippen molar-refractivity contribution in [2.75, 3.05) is 18.0 Å². The average Bonchev–Trinajstić information content (AvgIpc) is 2.83. The maximum absolute atomic E-state index is 10.8. The number of nitrogens with one attached hydrogen (secondary N) is 1. The maximum atomic E-state index is 10.8. The summed E-state index contributed by atoms with van der Waals surface area (Å²) < 4.78 is 0. The van der Waals surface area contributed by atoms with Crippen molar-refractivity contribution in [2.24, 2.45) is 5.73 Å².